The van der Waals surface area contributed by atoms with Crippen molar-refractivity contribution in [1.29, 1.82) is 0 Å². The number of nitrogens with zero attached hydrogens (tertiary/aromatic N) is 3. The van der Waals surface area contributed by atoms with Crippen LogP contribution in [0.2, 0.25) is 5.02 Å². The molecule has 0 aliphatic heterocycles. The summed E-state index contributed by atoms with van der Waals surface area (Å²) in [6.07, 6.45) is 6.49. The van der Waals surface area contributed by atoms with E-state index in [1.54, 1.807) is 11.8 Å². The van der Waals surface area contributed by atoms with E-state index in [0.29, 0.717) is 17.5 Å². The van der Waals surface area contributed by atoms with Crippen LogP contribution in [-0.4, -0.2) is 27.1 Å². The summed E-state index contributed by atoms with van der Waals surface area (Å²) in [5, 5.41) is 10.6. The summed E-state index contributed by atoms with van der Waals surface area (Å²) in [6.45, 7) is 3.69. The first kappa shape index (κ1) is 17.6. The maximum Gasteiger partial charge on any atom is 0.191 e. The van der Waals surface area contributed by atoms with E-state index < -0.39 is 0 Å². The Kier molecular flexibility index (Phi) is 6.44. The standard InChI is InChI=1S/C18H24ClN3OS/c1-2-22-17(14-8-4-3-5-9-14)20-21-18(22)24-13-12-23-16-11-7-6-10-15(16)19/h6-7,10-11,14H,2-5,8-9,12-13H2,1H3. The van der Waals surface area contributed by atoms with Crippen molar-refractivity contribution in [1.82, 2.24) is 14.8 Å². The van der Waals surface area contributed by atoms with Gasteiger partial charge >= 0.3 is 0 Å². The Balaban J connectivity index is 1.55. The van der Waals surface area contributed by atoms with Crippen LogP contribution < -0.4 is 4.74 Å². The molecule has 6 heteroatoms. The maximum absolute atomic E-state index is 6.10. The molecule has 1 aromatic heterocycles. The number of ether oxygens (including phenoxy) is 1. The first-order chi connectivity index (χ1) is 11.8. The lowest BCUT2D eigenvalue weighted by Crippen LogP contribution is -2.12. The van der Waals surface area contributed by atoms with Crippen LogP contribution in [0.1, 0.15) is 50.8 Å². The Morgan fingerprint density at radius 1 is 1.21 bits per heavy atom. The number of rotatable bonds is 7. The third kappa shape index (κ3) is 4.25. The normalized spacial score (nSPS) is 15.6. The maximum atomic E-state index is 6.10. The third-order valence-corrected chi connectivity index (χ3v) is 5.68. The van der Waals surface area contributed by atoms with Crippen molar-refractivity contribution >= 4 is 23.4 Å². The molecular formula is C18H24ClN3OS. The van der Waals surface area contributed by atoms with Gasteiger partial charge < -0.3 is 9.30 Å². The van der Waals surface area contributed by atoms with Gasteiger partial charge in [-0.2, -0.15) is 0 Å². The van der Waals surface area contributed by atoms with Gasteiger partial charge in [0.25, 0.3) is 0 Å². The molecule has 4 nitrogen and oxygen atoms in total. The molecule has 1 aliphatic carbocycles. The van der Waals surface area contributed by atoms with Crippen LogP contribution in [0.15, 0.2) is 29.4 Å². The lowest BCUT2D eigenvalue weighted by atomic mass is 9.89. The first-order valence-corrected chi connectivity index (χ1v) is 10.1. The number of benzene rings is 1. The first-order valence-electron chi connectivity index (χ1n) is 8.72. The van der Waals surface area contributed by atoms with Gasteiger partial charge in [-0.05, 0) is 31.9 Å². The van der Waals surface area contributed by atoms with E-state index in [-0.39, 0.29) is 0 Å². The van der Waals surface area contributed by atoms with Gasteiger partial charge in [0.05, 0.1) is 11.6 Å². The number of thioether (sulfide) groups is 1. The lowest BCUT2D eigenvalue weighted by molar-refractivity contribution is 0.344. The molecule has 1 saturated carbocycles. The Bertz CT molecular complexity index is 655. The number of aromatic nitrogens is 3. The fourth-order valence-corrected chi connectivity index (χ4v) is 4.23. The highest BCUT2D eigenvalue weighted by atomic mass is 35.5. The summed E-state index contributed by atoms with van der Waals surface area (Å²) in [6, 6.07) is 7.57. The average Bonchev–Trinajstić information content (AvgIpc) is 3.04. The molecule has 130 valence electrons. The molecule has 0 bridgehead atoms. The molecular weight excluding hydrogens is 342 g/mol. The Morgan fingerprint density at radius 2 is 2.00 bits per heavy atom. The van der Waals surface area contributed by atoms with E-state index >= 15 is 0 Å². The van der Waals surface area contributed by atoms with E-state index in [0.717, 1.165) is 23.2 Å². The third-order valence-electron chi connectivity index (χ3n) is 4.44. The number of halogens is 1. The summed E-state index contributed by atoms with van der Waals surface area (Å²) in [7, 11) is 0. The molecule has 0 atom stereocenters. The molecule has 1 heterocycles. The van der Waals surface area contributed by atoms with E-state index in [4.69, 9.17) is 16.3 Å². The average molecular weight is 366 g/mol. The van der Waals surface area contributed by atoms with Crippen LogP contribution in [-0.2, 0) is 6.54 Å². The van der Waals surface area contributed by atoms with E-state index in [1.165, 1.54) is 37.9 Å². The predicted octanol–water partition coefficient (Wildman–Crippen LogP) is 5.17. The van der Waals surface area contributed by atoms with E-state index in [9.17, 15) is 0 Å². The van der Waals surface area contributed by atoms with Crippen molar-refractivity contribution in [2.75, 3.05) is 12.4 Å². The Morgan fingerprint density at radius 3 is 2.75 bits per heavy atom. The molecule has 0 radical (unpaired) electrons. The molecule has 2 aromatic rings. The molecule has 3 rings (SSSR count). The molecule has 1 aromatic carbocycles. The highest BCUT2D eigenvalue weighted by Gasteiger charge is 2.22. The van der Waals surface area contributed by atoms with Crippen molar-refractivity contribution in [2.45, 2.75) is 56.6 Å². The minimum atomic E-state index is 0.583. The zero-order valence-electron chi connectivity index (χ0n) is 14.1. The highest BCUT2D eigenvalue weighted by Crippen LogP contribution is 2.33. The fourth-order valence-electron chi connectivity index (χ4n) is 3.21. The molecule has 0 spiro atoms. The zero-order chi connectivity index (χ0) is 16.8. The molecule has 0 saturated heterocycles. The van der Waals surface area contributed by atoms with Gasteiger partial charge in [0.2, 0.25) is 0 Å². The molecule has 1 aliphatic rings. The largest absolute Gasteiger partial charge is 0.491 e. The smallest absolute Gasteiger partial charge is 0.191 e. The van der Waals surface area contributed by atoms with Crippen molar-refractivity contribution < 1.29 is 4.74 Å². The van der Waals surface area contributed by atoms with Crippen molar-refractivity contribution in [3.8, 4) is 5.75 Å². The van der Waals surface area contributed by atoms with Crippen LogP contribution in [0.4, 0.5) is 0 Å². The van der Waals surface area contributed by atoms with Crippen LogP contribution >= 0.6 is 23.4 Å². The van der Waals surface area contributed by atoms with Crippen molar-refractivity contribution in [3.63, 3.8) is 0 Å². The molecule has 1 fully saturated rings. The summed E-state index contributed by atoms with van der Waals surface area (Å²) >= 11 is 7.80. The van der Waals surface area contributed by atoms with Crippen LogP contribution in [0.3, 0.4) is 0 Å². The quantitative estimate of drug-likeness (QED) is 0.501. The van der Waals surface area contributed by atoms with Gasteiger partial charge in [0.1, 0.15) is 11.6 Å². The summed E-state index contributed by atoms with van der Waals surface area (Å²) < 4.78 is 8.02. The van der Waals surface area contributed by atoms with E-state index in [1.807, 2.05) is 24.3 Å². The minimum absolute atomic E-state index is 0.583. The molecule has 0 unspecified atom stereocenters. The second kappa shape index (κ2) is 8.77. The topological polar surface area (TPSA) is 39.9 Å². The minimum Gasteiger partial charge on any atom is -0.491 e. The predicted molar refractivity (Wildman–Crippen MR) is 99.2 cm³/mol. The lowest BCUT2D eigenvalue weighted by Gasteiger charge is -2.21. The van der Waals surface area contributed by atoms with Crippen molar-refractivity contribution in [2.24, 2.45) is 0 Å². The van der Waals surface area contributed by atoms with Gasteiger partial charge in [-0.3, -0.25) is 0 Å². The molecule has 0 N–H and O–H groups in total. The number of hydrogen-bond acceptors (Lipinski definition) is 4. The highest BCUT2D eigenvalue weighted by molar-refractivity contribution is 7.99. The van der Waals surface area contributed by atoms with E-state index in [2.05, 4.69) is 21.7 Å². The molecule has 0 amide bonds. The molecule has 24 heavy (non-hydrogen) atoms. The van der Waals surface area contributed by atoms with Gasteiger partial charge in [-0.15, -0.1) is 10.2 Å². The Hall–Kier alpha value is -1.20. The van der Waals surface area contributed by atoms with Gasteiger partial charge in [0, 0.05) is 18.2 Å². The van der Waals surface area contributed by atoms with Gasteiger partial charge in [-0.1, -0.05) is 54.8 Å². The van der Waals surface area contributed by atoms with Crippen LogP contribution in [0.25, 0.3) is 0 Å². The number of hydrogen-bond donors (Lipinski definition) is 0. The fraction of sp³-hybridized carbons (Fsp3) is 0.556. The number of para-hydroxylation sites is 1. The second-order valence-corrected chi connectivity index (χ2v) is 7.52. The summed E-state index contributed by atoms with van der Waals surface area (Å²) in [5.41, 5.74) is 0. The summed E-state index contributed by atoms with van der Waals surface area (Å²) in [5.74, 6) is 3.32. The van der Waals surface area contributed by atoms with Crippen LogP contribution in [0, 0.1) is 0 Å². The van der Waals surface area contributed by atoms with Gasteiger partial charge in [-0.25, -0.2) is 0 Å². The zero-order valence-corrected chi connectivity index (χ0v) is 15.7. The second-order valence-electron chi connectivity index (χ2n) is 6.05. The van der Waals surface area contributed by atoms with Gasteiger partial charge in [0.15, 0.2) is 5.16 Å². The summed E-state index contributed by atoms with van der Waals surface area (Å²) in [4.78, 5) is 0. The SMILES string of the molecule is CCn1c(SCCOc2ccccc2Cl)nnc1C1CCCCC1. The van der Waals surface area contributed by atoms with Crippen LogP contribution in [0.5, 0.6) is 5.75 Å². The van der Waals surface area contributed by atoms with Crippen molar-refractivity contribution in [3.05, 3.63) is 35.1 Å². The monoisotopic (exact) mass is 365 g/mol. The Labute approximate surface area is 152 Å².